The summed E-state index contributed by atoms with van der Waals surface area (Å²) >= 11 is 5.97. The number of hydrogen-bond acceptors (Lipinski definition) is 4. The van der Waals surface area contributed by atoms with E-state index < -0.39 is 28.9 Å². The molecule has 9 heteroatoms. The predicted octanol–water partition coefficient (Wildman–Crippen LogP) is 4.15. The van der Waals surface area contributed by atoms with Gasteiger partial charge in [-0.3, -0.25) is 4.79 Å². The third-order valence-corrected chi connectivity index (χ3v) is 5.13. The third kappa shape index (κ3) is 4.97. The van der Waals surface area contributed by atoms with Crippen molar-refractivity contribution in [2.45, 2.75) is 32.5 Å². The minimum atomic E-state index is -5.03. The van der Waals surface area contributed by atoms with Gasteiger partial charge in [0.15, 0.2) is 0 Å². The first-order valence-corrected chi connectivity index (χ1v) is 10.1. The van der Waals surface area contributed by atoms with Gasteiger partial charge in [-0.05, 0) is 24.6 Å². The molecule has 1 aromatic heterocycles. The van der Waals surface area contributed by atoms with Crippen molar-refractivity contribution in [2.75, 3.05) is 13.6 Å². The van der Waals surface area contributed by atoms with Crippen LogP contribution in [-0.2, 0) is 12.7 Å². The Morgan fingerprint density at radius 2 is 1.90 bits per heavy atom. The fourth-order valence-corrected chi connectivity index (χ4v) is 3.41. The fraction of sp³-hybridized carbons (Fsp3) is 0.318. The molecule has 3 rings (SSSR count). The molecule has 5 nitrogen and oxygen atoms in total. The number of quaternary nitrogens is 1. The molecule has 0 fully saturated rings. The number of halogens is 4. The third-order valence-electron chi connectivity index (χ3n) is 4.82. The summed E-state index contributed by atoms with van der Waals surface area (Å²) in [7, 11) is 1.82. The number of hydrogen-bond donors (Lipinski definition) is 1. The summed E-state index contributed by atoms with van der Waals surface area (Å²) in [6.07, 6.45) is -3.20. The molecule has 0 saturated heterocycles. The molecule has 31 heavy (non-hydrogen) atoms. The van der Waals surface area contributed by atoms with Gasteiger partial charge < -0.3 is 19.2 Å². The number of rotatable bonds is 7. The Bertz CT molecular complexity index is 1140. The summed E-state index contributed by atoms with van der Waals surface area (Å²) in [5.74, 6) is -3.24. The second-order valence-electron chi connectivity index (χ2n) is 7.28. The predicted molar refractivity (Wildman–Crippen MR) is 109 cm³/mol. The van der Waals surface area contributed by atoms with Crippen LogP contribution < -0.4 is 20.2 Å². The van der Waals surface area contributed by atoms with E-state index in [1.165, 1.54) is 18.2 Å². The second-order valence-corrected chi connectivity index (χ2v) is 7.68. The van der Waals surface area contributed by atoms with E-state index in [1.807, 2.05) is 14.0 Å². The fourth-order valence-electron chi connectivity index (χ4n) is 3.23. The van der Waals surface area contributed by atoms with Gasteiger partial charge in [-0.1, -0.05) is 48.9 Å². The lowest BCUT2D eigenvalue weighted by atomic mass is 10.1. The normalized spacial score (nSPS) is 12.8. The summed E-state index contributed by atoms with van der Waals surface area (Å²) in [5, 5.41) is 12.3. The summed E-state index contributed by atoms with van der Waals surface area (Å²) in [5.41, 5.74) is -1.37. The minimum Gasteiger partial charge on any atom is -0.872 e. The maximum atomic E-state index is 13.8. The monoisotopic (exact) mass is 455 g/mol. The van der Waals surface area contributed by atoms with Gasteiger partial charge >= 0.3 is 6.18 Å². The Balaban J connectivity index is 2.21. The van der Waals surface area contributed by atoms with Crippen LogP contribution in [0.25, 0.3) is 11.0 Å². The molecule has 0 amide bonds. The standard InChI is InChI=1S/C22H21ClF3NO4/c1-3-4-11-27(2)12-14-16(28)10-9-13-18(29)20(21(22(24,25)26)31-19(13)14)30-17-8-6-5-7-15(17)23/h5-10,28H,3-4,11-12H2,1-2H3. The zero-order valence-corrected chi connectivity index (χ0v) is 17.7. The van der Waals surface area contributed by atoms with Gasteiger partial charge in [0, 0.05) is 5.56 Å². The first kappa shape index (κ1) is 23.0. The number of alkyl halides is 3. The average Bonchev–Trinajstić information content (AvgIpc) is 2.71. The van der Waals surface area contributed by atoms with E-state index in [1.54, 1.807) is 6.07 Å². The first-order valence-electron chi connectivity index (χ1n) is 9.74. The Labute approximate surface area is 181 Å². The van der Waals surface area contributed by atoms with Crippen LogP contribution in [0.15, 0.2) is 45.6 Å². The van der Waals surface area contributed by atoms with Gasteiger partial charge in [0.25, 0.3) is 5.76 Å². The molecule has 1 unspecified atom stereocenters. The van der Waals surface area contributed by atoms with E-state index in [0.717, 1.165) is 36.4 Å². The van der Waals surface area contributed by atoms with E-state index >= 15 is 0 Å². The lowest BCUT2D eigenvalue weighted by Gasteiger charge is -2.21. The van der Waals surface area contributed by atoms with Crippen molar-refractivity contribution in [2.24, 2.45) is 0 Å². The quantitative estimate of drug-likeness (QED) is 0.581. The number of ether oxygens (including phenoxy) is 1. The highest BCUT2D eigenvalue weighted by Crippen LogP contribution is 2.40. The molecule has 0 aliphatic carbocycles. The molecule has 1 heterocycles. The second kappa shape index (κ2) is 9.20. The molecule has 0 aliphatic rings. The van der Waals surface area contributed by atoms with Crippen LogP contribution in [0.4, 0.5) is 13.2 Å². The summed E-state index contributed by atoms with van der Waals surface area (Å²) in [6.45, 7) is 2.86. The van der Waals surface area contributed by atoms with Crippen molar-refractivity contribution in [3.05, 3.63) is 63.0 Å². The van der Waals surface area contributed by atoms with E-state index in [0.29, 0.717) is 0 Å². The molecule has 166 valence electrons. The lowest BCUT2D eigenvalue weighted by Crippen LogP contribution is -3.07. The van der Waals surface area contributed by atoms with Crippen molar-refractivity contribution in [1.82, 2.24) is 0 Å². The van der Waals surface area contributed by atoms with Crippen molar-refractivity contribution < 1.29 is 32.3 Å². The maximum absolute atomic E-state index is 13.8. The molecule has 3 aromatic rings. The summed E-state index contributed by atoms with van der Waals surface area (Å²) < 4.78 is 51.8. The molecule has 2 aromatic carbocycles. The molecule has 0 spiro atoms. The van der Waals surface area contributed by atoms with Crippen LogP contribution in [0.2, 0.25) is 5.02 Å². The van der Waals surface area contributed by atoms with Crippen LogP contribution in [0, 0.1) is 0 Å². The van der Waals surface area contributed by atoms with Gasteiger partial charge in [0.1, 0.15) is 17.9 Å². The minimum absolute atomic E-state index is 0.0259. The Kier molecular flexibility index (Phi) is 6.81. The van der Waals surface area contributed by atoms with Crippen molar-refractivity contribution >= 4 is 22.6 Å². The zero-order valence-electron chi connectivity index (χ0n) is 16.9. The Morgan fingerprint density at radius 1 is 1.19 bits per heavy atom. The van der Waals surface area contributed by atoms with Crippen molar-refractivity contribution in [1.29, 1.82) is 0 Å². The van der Waals surface area contributed by atoms with E-state index in [4.69, 9.17) is 20.8 Å². The smallest absolute Gasteiger partial charge is 0.453 e. The van der Waals surface area contributed by atoms with Gasteiger partial charge in [-0.15, -0.1) is 0 Å². The molecule has 1 atom stereocenters. The molecular formula is C22H21ClF3NO4. The van der Waals surface area contributed by atoms with Crippen LogP contribution >= 0.6 is 11.6 Å². The Hall–Kier alpha value is -2.71. The number of benzene rings is 2. The van der Waals surface area contributed by atoms with Gasteiger partial charge in [0.05, 0.1) is 24.0 Å². The van der Waals surface area contributed by atoms with Gasteiger partial charge in [-0.25, -0.2) is 0 Å². The summed E-state index contributed by atoms with van der Waals surface area (Å²) in [6, 6.07) is 8.16. The largest absolute Gasteiger partial charge is 0.872 e. The molecule has 0 radical (unpaired) electrons. The van der Waals surface area contributed by atoms with Crippen LogP contribution in [0.3, 0.4) is 0 Å². The molecule has 1 N–H and O–H groups in total. The molecule has 0 aliphatic heterocycles. The lowest BCUT2D eigenvalue weighted by molar-refractivity contribution is -0.894. The number of fused-ring (bicyclic) bond motifs is 1. The summed E-state index contributed by atoms with van der Waals surface area (Å²) in [4.78, 5) is 13.9. The highest BCUT2D eigenvalue weighted by atomic mass is 35.5. The maximum Gasteiger partial charge on any atom is 0.453 e. The zero-order chi connectivity index (χ0) is 22.8. The number of unbranched alkanes of at least 4 members (excludes halogenated alkanes) is 1. The molecular weight excluding hydrogens is 435 g/mol. The van der Waals surface area contributed by atoms with Crippen LogP contribution in [0.1, 0.15) is 31.1 Å². The van der Waals surface area contributed by atoms with Crippen molar-refractivity contribution in [3.8, 4) is 17.2 Å². The van der Waals surface area contributed by atoms with Gasteiger partial charge in [0.2, 0.25) is 11.2 Å². The van der Waals surface area contributed by atoms with Crippen LogP contribution in [0.5, 0.6) is 17.2 Å². The number of nitrogens with one attached hydrogen (secondary N) is 1. The average molecular weight is 456 g/mol. The Morgan fingerprint density at radius 3 is 2.55 bits per heavy atom. The molecule has 0 bridgehead atoms. The topological polar surface area (TPSA) is 66.9 Å². The highest BCUT2D eigenvalue weighted by Gasteiger charge is 2.41. The van der Waals surface area contributed by atoms with E-state index in [-0.39, 0.29) is 33.8 Å². The molecule has 0 saturated carbocycles. The highest BCUT2D eigenvalue weighted by molar-refractivity contribution is 6.32. The van der Waals surface area contributed by atoms with Crippen LogP contribution in [-0.4, -0.2) is 13.6 Å². The first-order chi connectivity index (χ1) is 14.6. The SMILES string of the molecule is CCCC[NH+](C)Cc1c([O-])ccc2c(=O)c(Oc3ccccc3Cl)c(C(F)(F)F)oc12. The van der Waals surface area contributed by atoms with E-state index in [9.17, 15) is 23.1 Å². The van der Waals surface area contributed by atoms with Gasteiger partial charge in [-0.2, -0.15) is 13.2 Å². The number of para-hydroxylation sites is 1. The van der Waals surface area contributed by atoms with Crippen molar-refractivity contribution in [3.63, 3.8) is 0 Å². The van der Waals surface area contributed by atoms with E-state index in [2.05, 4.69) is 0 Å².